The van der Waals surface area contributed by atoms with E-state index >= 15 is 0 Å². The molecule has 0 radical (unpaired) electrons. The summed E-state index contributed by atoms with van der Waals surface area (Å²) < 4.78 is 16.5. The molecule has 40 heavy (non-hydrogen) atoms. The van der Waals surface area contributed by atoms with Gasteiger partial charge in [0, 0.05) is 35.1 Å². The van der Waals surface area contributed by atoms with Crippen LogP contribution in [-0.2, 0) is 23.2 Å². The minimum atomic E-state index is -1.13. The van der Waals surface area contributed by atoms with Crippen LogP contribution in [0.4, 0.5) is 10.1 Å². The Hall–Kier alpha value is -3.97. The summed E-state index contributed by atoms with van der Waals surface area (Å²) in [5.41, 5.74) is 4.49. The molecule has 3 aromatic carbocycles. The SMILES string of the molecule is Cn1ncc2cc(-c3ccc(CN(C(=O)[C@@H]4C[C@@H]5CC[C@H]4C5)c4cc(F)cc(/C=C/C(=O)O)c4)c(Cl)c3)ccc21. The minimum absolute atomic E-state index is 0.0341. The highest BCUT2D eigenvalue weighted by molar-refractivity contribution is 6.31. The monoisotopic (exact) mass is 557 g/mol. The lowest BCUT2D eigenvalue weighted by Gasteiger charge is -2.30. The summed E-state index contributed by atoms with van der Waals surface area (Å²) in [4.78, 5) is 26.7. The van der Waals surface area contributed by atoms with Crippen LogP contribution in [0.3, 0.4) is 0 Å². The highest BCUT2D eigenvalue weighted by Crippen LogP contribution is 2.49. The number of halogens is 2. The number of benzene rings is 3. The maximum atomic E-state index is 14.7. The van der Waals surface area contributed by atoms with Gasteiger partial charge in [0.1, 0.15) is 5.82 Å². The van der Waals surface area contributed by atoms with Crippen molar-refractivity contribution in [3.63, 3.8) is 0 Å². The normalized spacial score (nSPS) is 20.0. The quantitative estimate of drug-likeness (QED) is 0.246. The first-order valence-electron chi connectivity index (χ1n) is 13.5. The van der Waals surface area contributed by atoms with Crippen LogP contribution >= 0.6 is 11.6 Å². The van der Waals surface area contributed by atoms with E-state index in [-0.39, 0.29) is 18.4 Å². The summed E-state index contributed by atoms with van der Waals surface area (Å²) in [6.45, 7) is 0.180. The van der Waals surface area contributed by atoms with E-state index in [1.807, 2.05) is 48.3 Å². The zero-order chi connectivity index (χ0) is 28.0. The molecule has 1 amide bonds. The van der Waals surface area contributed by atoms with Crippen LogP contribution in [0.15, 0.2) is 66.9 Å². The first kappa shape index (κ1) is 26.3. The van der Waals surface area contributed by atoms with Gasteiger partial charge in [0.2, 0.25) is 5.91 Å². The van der Waals surface area contributed by atoms with Crippen molar-refractivity contribution in [3.8, 4) is 11.1 Å². The Bertz CT molecular complexity index is 1660. The predicted molar refractivity (Wildman–Crippen MR) is 154 cm³/mol. The second-order valence-electron chi connectivity index (χ2n) is 11.0. The molecule has 2 fully saturated rings. The third kappa shape index (κ3) is 5.13. The fourth-order valence-corrected chi connectivity index (χ4v) is 6.67. The molecule has 204 valence electrons. The first-order valence-corrected chi connectivity index (χ1v) is 13.9. The molecule has 2 aliphatic carbocycles. The van der Waals surface area contributed by atoms with Gasteiger partial charge < -0.3 is 10.0 Å². The van der Waals surface area contributed by atoms with Crippen LogP contribution in [-0.4, -0.2) is 26.8 Å². The molecule has 3 atom stereocenters. The van der Waals surface area contributed by atoms with E-state index in [0.29, 0.717) is 28.1 Å². The number of fused-ring (bicyclic) bond motifs is 3. The number of carbonyl (C=O) groups excluding carboxylic acids is 1. The highest BCUT2D eigenvalue weighted by Gasteiger charge is 2.44. The fraction of sp³-hybridized carbons (Fsp3) is 0.281. The van der Waals surface area contributed by atoms with Gasteiger partial charge in [-0.3, -0.25) is 9.48 Å². The van der Waals surface area contributed by atoms with E-state index in [1.54, 1.807) is 11.0 Å². The van der Waals surface area contributed by atoms with Crippen molar-refractivity contribution in [1.82, 2.24) is 9.78 Å². The molecule has 8 heteroatoms. The van der Waals surface area contributed by atoms with Crippen molar-refractivity contribution in [2.45, 2.75) is 32.2 Å². The molecule has 1 N–H and O–H groups in total. The number of hydrogen-bond donors (Lipinski definition) is 1. The average molecular weight is 558 g/mol. The standard InChI is InChI=1S/C32H29ClFN3O3/c1-36-30-8-7-21(14-25(30)17-35-36)22-5-6-24(29(33)15-22)18-37(32(40)28-13-19-2-4-23(28)10-19)27-12-20(3-9-31(38)39)11-26(34)16-27/h3,5-9,11-12,14-17,19,23,28H,2,4,10,13,18H2,1H3,(H,38,39)/b9-3+/t19-,23+,28-/m1/s1. The van der Waals surface area contributed by atoms with E-state index < -0.39 is 11.8 Å². The number of carboxylic acid groups (broad SMARTS) is 1. The predicted octanol–water partition coefficient (Wildman–Crippen LogP) is 7.10. The summed E-state index contributed by atoms with van der Waals surface area (Å²) in [6, 6.07) is 16.1. The fourth-order valence-electron chi connectivity index (χ4n) is 6.43. The molecule has 0 aliphatic heterocycles. The zero-order valence-corrected chi connectivity index (χ0v) is 22.8. The number of carboxylic acids is 1. The molecular formula is C32H29ClFN3O3. The van der Waals surface area contributed by atoms with Crippen LogP contribution in [0.25, 0.3) is 28.1 Å². The van der Waals surface area contributed by atoms with Crippen LogP contribution in [0.5, 0.6) is 0 Å². The Morgan fingerprint density at radius 3 is 2.62 bits per heavy atom. The highest BCUT2D eigenvalue weighted by atomic mass is 35.5. The average Bonchev–Trinajstić information content (AvgIpc) is 3.67. The lowest BCUT2D eigenvalue weighted by atomic mass is 9.87. The molecule has 1 aromatic heterocycles. The molecule has 2 aliphatic rings. The molecule has 6 rings (SSSR count). The molecule has 0 unspecified atom stereocenters. The number of aryl methyl sites for hydroxylation is 1. The molecule has 0 saturated heterocycles. The smallest absolute Gasteiger partial charge is 0.328 e. The topological polar surface area (TPSA) is 75.4 Å². The molecule has 4 aromatic rings. The number of amides is 1. The van der Waals surface area contributed by atoms with Crippen LogP contribution in [0.2, 0.25) is 5.02 Å². The molecule has 2 saturated carbocycles. The van der Waals surface area contributed by atoms with Gasteiger partial charge in [-0.15, -0.1) is 0 Å². The van der Waals surface area contributed by atoms with Gasteiger partial charge in [0.05, 0.1) is 18.3 Å². The Balaban J connectivity index is 1.34. The largest absolute Gasteiger partial charge is 0.478 e. The van der Waals surface area contributed by atoms with Gasteiger partial charge in [-0.25, -0.2) is 9.18 Å². The molecule has 2 bridgehead atoms. The van der Waals surface area contributed by atoms with Crippen molar-refractivity contribution in [2.24, 2.45) is 24.8 Å². The maximum Gasteiger partial charge on any atom is 0.328 e. The number of anilines is 1. The van der Waals surface area contributed by atoms with Gasteiger partial charge >= 0.3 is 5.97 Å². The summed E-state index contributed by atoms with van der Waals surface area (Å²) in [5, 5.41) is 14.9. The second kappa shape index (κ2) is 10.5. The van der Waals surface area contributed by atoms with E-state index in [9.17, 15) is 14.0 Å². The minimum Gasteiger partial charge on any atom is -0.478 e. The van der Waals surface area contributed by atoms with E-state index in [4.69, 9.17) is 16.7 Å². The van der Waals surface area contributed by atoms with Gasteiger partial charge in [-0.2, -0.15) is 5.10 Å². The van der Waals surface area contributed by atoms with Gasteiger partial charge in [0.15, 0.2) is 0 Å². The summed E-state index contributed by atoms with van der Waals surface area (Å²) in [6.07, 6.45) is 8.24. The third-order valence-electron chi connectivity index (χ3n) is 8.42. The van der Waals surface area contributed by atoms with Crippen molar-refractivity contribution >= 4 is 46.1 Å². The van der Waals surface area contributed by atoms with Crippen molar-refractivity contribution in [2.75, 3.05) is 4.90 Å². The Kier molecular flexibility index (Phi) is 6.92. The Labute approximate surface area is 236 Å². The number of nitrogens with zero attached hydrogens (tertiary/aromatic N) is 3. The lowest BCUT2D eigenvalue weighted by Crippen LogP contribution is -2.38. The lowest BCUT2D eigenvalue weighted by molar-refractivity contribution is -0.131. The van der Waals surface area contributed by atoms with Gasteiger partial charge in [-0.1, -0.05) is 36.2 Å². The van der Waals surface area contributed by atoms with Crippen LogP contribution < -0.4 is 4.90 Å². The van der Waals surface area contributed by atoms with Gasteiger partial charge in [0.25, 0.3) is 0 Å². The third-order valence-corrected chi connectivity index (χ3v) is 8.77. The summed E-state index contributed by atoms with van der Waals surface area (Å²) in [5.74, 6) is -0.893. The van der Waals surface area contributed by atoms with E-state index in [2.05, 4.69) is 11.2 Å². The number of aliphatic carboxylic acids is 1. The van der Waals surface area contributed by atoms with Crippen molar-refractivity contribution < 1.29 is 19.1 Å². The molecule has 0 spiro atoms. The van der Waals surface area contributed by atoms with Crippen LogP contribution in [0, 0.1) is 23.6 Å². The Morgan fingerprint density at radius 1 is 1.10 bits per heavy atom. The molecule has 1 heterocycles. The van der Waals surface area contributed by atoms with Crippen molar-refractivity contribution in [3.05, 3.63) is 88.8 Å². The molecule has 6 nitrogen and oxygen atoms in total. The van der Waals surface area contributed by atoms with Gasteiger partial charge in [-0.05, 0) is 95.8 Å². The number of aromatic nitrogens is 2. The second-order valence-corrected chi connectivity index (χ2v) is 11.4. The van der Waals surface area contributed by atoms with Crippen molar-refractivity contribution in [1.29, 1.82) is 0 Å². The number of hydrogen-bond acceptors (Lipinski definition) is 3. The summed E-state index contributed by atoms with van der Waals surface area (Å²) in [7, 11) is 1.90. The molecular weight excluding hydrogens is 529 g/mol. The first-order chi connectivity index (χ1) is 19.2. The van der Waals surface area contributed by atoms with Crippen LogP contribution in [0.1, 0.15) is 36.8 Å². The van der Waals surface area contributed by atoms with E-state index in [1.165, 1.54) is 18.2 Å². The summed E-state index contributed by atoms with van der Waals surface area (Å²) >= 11 is 6.80. The van der Waals surface area contributed by atoms with E-state index in [0.717, 1.165) is 59.4 Å². The number of rotatable bonds is 7. The zero-order valence-electron chi connectivity index (χ0n) is 22.1. The maximum absolute atomic E-state index is 14.7. The Morgan fingerprint density at radius 2 is 1.90 bits per heavy atom. The number of carbonyl (C=O) groups is 2.